The van der Waals surface area contributed by atoms with E-state index < -0.39 is 17.8 Å². The summed E-state index contributed by atoms with van der Waals surface area (Å²) in [5, 5.41) is 4.00. The van der Waals surface area contributed by atoms with Gasteiger partial charge in [-0.25, -0.2) is 4.79 Å². The van der Waals surface area contributed by atoms with E-state index in [-0.39, 0.29) is 18.1 Å². The molecule has 8 nitrogen and oxygen atoms in total. The van der Waals surface area contributed by atoms with E-state index in [4.69, 9.17) is 4.74 Å². The Labute approximate surface area is 144 Å². The van der Waals surface area contributed by atoms with Crippen LogP contribution < -0.4 is 15.4 Å². The fourth-order valence-electron chi connectivity index (χ4n) is 2.25. The van der Waals surface area contributed by atoms with Gasteiger partial charge in [0, 0.05) is 13.1 Å². The molecular weight excluding hydrogens is 326 g/mol. The van der Waals surface area contributed by atoms with Crippen LogP contribution in [0, 0.1) is 0 Å². The third-order valence-electron chi connectivity index (χ3n) is 3.61. The van der Waals surface area contributed by atoms with Crippen molar-refractivity contribution in [3.63, 3.8) is 0 Å². The molecule has 0 radical (unpaired) electrons. The second-order valence-corrected chi connectivity index (χ2v) is 5.22. The molecule has 1 heterocycles. The Morgan fingerprint density at radius 1 is 1.04 bits per heavy atom. The van der Waals surface area contributed by atoms with Crippen LogP contribution in [0.2, 0.25) is 0 Å². The Morgan fingerprint density at radius 2 is 1.60 bits per heavy atom. The number of likely N-dealkylation sites (N-methyl/N-ethyl adjacent to an activating group) is 1. The summed E-state index contributed by atoms with van der Waals surface area (Å²) in [6.45, 7) is 4.98. The second kappa shape index (κ2) is 8.09. The standard InChI is InChI=1S/C17H19N3O5/c1-3-20(4-2)14(21)10-25-12-7-5-11(6-8-12)9-13-15(22)18-17(24)19-16(13)23/h5-9H,3-4,10H2,1-2H3,(H2,18,19,22,23,24). The predicted octanol–water partition coefficient (Wildman–Crippen LogP) is 0.683. The van der Waals surface area contributed by atoms with E-state index in [9.17, 15) is 19.2 Å². The summed E-state index contributed by atoms with van der Waals surface area (Å²) < 4.78 is 5.44. The minimum absolute atomic E-state index is 0.0605. The SMILES string of the molecule is CCN(CC)C(=O)COc1ccc(C=C2C(=O)NC(=O)NC2=O)cc1. The molecule has 132 valence electrons. The zero-order valence-electron chi connectivity index (χ0n) is 14.0. The molecule has 1 aromatic rings. The van der Waals surface area contributed by atoms with E-state index in [0.29, 0.717) is 24.4 Å². The number of hydrogen-bond donors (Lipinski definition) is 2. The second-order valence-electron chi connectivity index (χ2n) is 5.22. The van der Waals surface area contributed by atoms with E-state index in [1.807, 2.05) is 24.5 Å². The lowest BCUT2D eigenvalue weighted by Gasteiger charge is -2.18. The van der Waals surface area contributed by atoms with Gasteiger partial charge < -0.3 is 9.64 Å². The van der Waals surface area contributed by atoms with Gasteiger partial charge in [-0.3, -0.25) is 25.0 Å². The zero-order valence-corrected chi connectivity index (χ0v) is 14.0. The van der Waals surface area contributed by atoms with Crippen molar-refractivity contribution < 1.29 is 23.9 Å². The third-order valence-corrected chi connectivity index (χ3v) is 3.61. The Kier molecular flexibility index (Phi) is 5.89. The van der Waals surface area contributed by atoms with Crippen molar-refractivity contribution in [3.05, 3.63) is 35.4 Å². The molecule has 0 aromatic heterocycles. The fraction of sp³-hybridized carbons (Fsp3) is 0.294. The summed E-state index contributed by atoms with van der Waals surface area (Å²) in [5.74, 6) is -1.11. The molecule has 1 aromatic carbocycles. The number of carbonyl (C=O) groups excluding carboxylic acids is 4. The smallest absolute Gasteiger partial charge is 0.328 e. The van der Waals surface area contributed by atoms with Gasteiger partial charge in [0.15, 0.2) is 6.61 Å². The molecule has 1 aliphatic rings. The molecule has 1 saturated heterocycles. The molecule has 8 heteroatoms. The first-order chi connectivity index (χ1) is 11.9. The van der Waals surface area contributed by atoms with Crippen LogP contribution in [0.15, 0.2) is 29.8 Å². The zero-order chi connectivity index (χ0) is 18.4. The van der Waals surface area contributed by atoms with Crippen LogP contribution in [0.3, 0.4) is 0 Å². The van der Waals surface area contributed by atoms with Gasteiger partial charge in [0.1, 0.15) is 11.3 Å². The Hall–Kier alpha value is -3.16. The van der Waals surface area contributed by atoms with Crippen molar-refractivity contribution in [2.24, 2.45) is 0 Å². The lowest BCUT2D eigenvalue weighted by atomic mass is 10.1. The number of nitrogens with one attached hydrogen (secondary N) is 2. The maximum Gasteiger partial charge on any atom is 0.328 e. The molecule has 0 unspecified atom stereocenters. The van der Waals surface area contributed by atoms with Gasteiger partial charge in [-0.1, -0.05) is 12.1 Å². The van der Waals surface area contributed by atoms with Gasteiger partial charge in [-0.2, -0.15) is 0 Å². The van der Waals surface area contributed by atoms with Gasteiger partial charge in [0.25, 0.3) is 17.7 Å². The highest BCUT2D eigenvalue weighted by Gasteiger charge is 2.27. The van der Waals surface area contributed by atoms with Crippen LogP contribution >= 0.6 is 0 Å². The normalized spacial score (nSPS) is 13.8. The summed E-state index contributed by atoms with van der Waals surface area (Å²) in [4.78, 5) is 47.9. The fourth-order valence-corrected chi connectivity index (χ4v) is 2.25. The van der Waals surface area contributed by atoms with Crippen LogP contribution in [-0.2, 0) is 14.4 Å². The van der Waals surface area contributed by atoms with E-state index in [1.165, 1.54) is 6.08 Å². The molecule has 2 N–H and O–H groups in total. The van der Waals surface area contributed by atoms with E-state index in [1.54, 1.807) is 29.2 Å². The molecule has 0 saturated carbocycles. The Morgan fingerprint density at radius 3 is 2.12 bits per heavy atom. The van der Waals surface area contributed by atoms with Crippen molar-refractivity contribution in [2.75, 3.05) is 19.7 Å². The van der Waals surface area contributed by atoms with Crippen LogP contribution in [-0.4, -0.2) is 48.3 Å². The molecule has 1 fully saturated rings. The van der Waals surface area contributed by atoms with E-state index >= 15 is 0 Å². The highest BCUT2D eigenvalue weighted by atomic mass is 16.5. The van der Waals surface area contributed by atoms with Gasteiger partial charge in [0.2, 0.25) is 0 Å². The summed E-state index contributed by atoms with van der Waals surface area (Å²) in [7, 11) is 0. The molecule has 1 aliphatic heterocycles. The van der Waals surface area contributed by atoms with Crippen molar-refractivity contribution >= 4 is 29.8 Å². The summed E-state index contributed by atoms with van der Waals surface area (Å²) in [5.41, 5.74) is 0.419. The molecule has 0 spiro atoms. The Bertz CT molecular complexity index is 698. The van der Waals surface area contributed by atoms with Crippen LogP contribution in [0.25, 0.3) is 6.08 Å². The maximum atomic E-state index is 11.9. The molecular formula is C17H19N3O5. The number of amides is 5. The first kappa shape index (κ1) is 18.2. The van der Waals surface area contributed by atoms with Crippen molar-refractivity contribution in [1.29, 1.82) is 0 Å². The number of barbiturate groups is 1. The van der Waals surface area contributed by atoms with Gasteiger partial charge in [0.05, 0.1) is 0 Å². The van der Waals surface area contributed by atoms with E-state index in [0.717, 1.165) is 0 Å². The lowest BCUT2D eigenvalue weighted by molar-refractivity contribution is -0.133. The quantitative estimate of drug-likeness (QED) is 0.583. The number of ether oxygens (including phenoxy) is 1. The molecule has 25 heavy (non-hydrogen) atoms. The third kappa shape index (κ3) is 4.66. The summed E-state index contributed by atoms with van der Waals surface area (Å²) >= 11 is 0. The first-order valence-electron chi connectivity index (χ1n) is 7.83. The average molecular weight is 345 g/mol. The summed E-state index contributed by atoms with van der Waals surface area (Å²) in [6.07, 6.45) is 1.36. The number of hydrogen-bond acceptors (Lipinski definition) is 5. The van der Waals surface area contributed by atoms with Crippen LogP contribution in [0.5, 0.6) is 5.75 Å². The number of nitrogens with zero attached hydrogens (tertiary/aromatic N) is 1. The largest absolute Gasteiger partial charge is 0.484 e. The number of benzene rings is 1. The lowest BCUT2D eigenvalue weighted by Crippen LogP contribution is -2.51. The summed E-state index contributed by atoms with van der Waals surface area (Å²) in [6, 6.07) is 5.70. The van der Waals surface area contributed by atoms with Gasteiger partial charge >= 0.3 is 6.03 Å². The van der Waals surface area contributed by atoms with Crippen LogP contribution in [0.1, 0.15) is 19.4 Å². The highest BCUT2D eigenvalue weighted by Crippen LogP contribution is 2.15. The van der Waals surface area contributed by atoms with Gasteiger partial charge in [-0.05, 0) is 37.6 Å². The molecule has 0 atom stereocenters. The minimum Gasteiger partial charge on any atom is -0.484 e. The molecule has 0 aliphatic carbocycles. The Balaban J connectivity index is 2.01. The minimum atomic E-state index is -0.839. The van der Waals surface area contributed by atoms with Crippen molar-refractivity contribution in [1.82, 2.24) is 15.5 Å². The number of carbonyl (C=O) groups is 4. The van der Waals surface area contributed by atoms with E-state index in [2.05, 4.69) is 0 Å². The number of urea groups is 1. The van der Waals surface area contributed by atoms with Crippen molar-refractivity contribution in [2.45, 2.75) is 13.8 Å². The highest BCUT2D eigenvalue weighted by molar-refractivity contribution is 6.31. The number of rotatable bonds is 6. The molecule has 2 rings (SSSR count). The average Bonchev–Trinajstić information content (AvgIpc) is 2.58. The maximum absolute atomic E-state index is 11.9. The van der Waals surface area contributed by atoms with Gasteiger partial charge in [-0.15, -0.1) is 0 Å². The first-order valence-corrected chi connectivity index (χ1v) is 7.83. The number of imide groups is 2. The molecule has 0 bridgehead atoms. The topological polar surface area (TPSA) is 105 Å². The molecule has 5 amide bonds. The van der Waals surface area contributed by atoms with Crippen LogP contribution in [0.4, 0.5) is 4.79 Å². The predicted molar refractivity (Wildman–Crippen MR) is 89.5 cm³/mol. The monoisotopic (exact) mass is 345 g/mol. The van der Waals surface area contributed by atoms with Crippen molar-refractivity contribution in [3.8, 4) is 5.75 Å².